The van der Waals surface area contributed by atoms with Crippen LogP contribution in [0.3, 0.4) is 0 Å². The van der Waals surface area contributed by atoms with Crippen molar-refractivity contribution in [2.24, 2.45) is 0 Å². The molecule has 1 atom stereocenters. The summed E-state index contributed by atoms with van der Waals surface area (Å²) in [5, 5.41) is 4.12. The number of imidazole rings is 1. The fourth-order valence-electron chi connectivity index (χ4n) is 2.76. The Bertz CT molecular complexity index is 1040. The SMILES string of the molecule is C[S+]([O-])c1cccc(Nc2cc(Cl)ncc2-c2cncn2COCC[SH](C)(C)(C)C)n1. The zero-order chi connectivity index (χ0) is 22.7. The van der Waals surface area contributed by atoms with Crippen LogP contribution in [0.1, 0.15) is 0 Å². The first kappa shape index (κ1) is 23.9. The quantitative estimate of drug-likeness (QED) is 0.207. The van der Waals surface area contributed by atoms with E-state index in [0.29, 0.717) is 29.3 Å². The molecule has 0 saturated heterocycles. The summed E-state index contributed by atoms with van der Waals surface area (Å²) < 4.78 is 19.7. The third-order valence-electron chi connectivity index (χ3n) is 4.50. The van der Waals surface area contributed by atoms with Gasteiger partial charge in [0.05, 0.1) is 30.5 Å². The van der Waals surface area contributed by atoms with Crippen LogP contribution in [0.15, 0.2) is 48.0 Å². The molecule has 0 saturated carbocycles. The summed E-state index contributed by atoms with van der Waals surface area (Å²) in [5.41, 5.74) is 2.38. The van der Waals surface area contributed by atoms with Gasteiger partial charge in [0.1, 0.15) is 24.0 Å². The number of thiol groups is 1. The van der Waals surface area contributed by atoms with Gasteiger partial charge in [-0.3, -0.25) is 9.16 Å². The number of nitrogens with one attached hydrogen (secondary N) is 1. The zero-order valence-electron chi connectivity index (χ0n) is 18.5. The lowest BCUT2D eigenvalue weighted by atomic mass is 10.2. The van der Waals surface area contributed by atoms with Gasteiger partial charge >= 0.3 is 0 Å². The maximum Gasteiger partial charge on any atom is 0.246 e. The van der Waals surface area contributed by atoms with E-state index in [1.807, 2.05) is 16.7 Å². The lowest BCUT2D eigenvalue weighted by molar-refractivity contribution is 0.0905. The topological polar surface area (TPSA) is 87.9 Å². The number of hydrogen-bond acceptors (Lipinski definition) is 6. The third kappa shape index (κ3) is 7.11. The summed E-state index contributed by atoms with van der Waals surface area (Å²) in [6.45, 7) is 1.09. The second-order valence-corrected chi connectivity index (χ2v) is 19.5. The average molecular weight is 484 g/mol. The number of rotatable bonds is 9. The highest BCUT2D eigenvalue weighted by atomic mass is 35.5. The minimum atomic E-state index is -1.60. The van der Waals surface area contributed by atoms with Crippen molar-refractivity contribution in [2.75, 3.05) is 49.0 Å². The molecule has 3 aromatic heterocycles. The van der Waals surface area contributed by atoms with E-state index >= 15 is 0 Å². The fraction of sp³-hybridized carbons (Fsp3) is 0.381. The molecule has 0 spiro atoms. The van der Waals surface area contributed by atoms with Crippen LogP contribution in [-0.4, -0.2) is 67.7 Å². The van der Waals surface area contributed by atoms with Gasteiger partial charge in [-0.2, -0.15) is 4.98 Å². The Morgan fingerprint density at radius 3 is 2.71 bits per heavy atom. The molecule has 170 valence electrons. The molecule has 3 rings (SSSR count). The number of anilines is 2. The Hall–Kier alpha value is -1.78. The van der Waals surface area contributed by atoms with E-state index in [1.54, 1.807) is 37.1 Å². The van der Waals surface area contributed by atoms with Crippen LogP contribution in [0.2, 0.25) is 5.15 Å². The van der Waals surface area contributed by atoms with Gasteiger partial charge in [0.2, 0.25) is 5.03 Å². The highest BCUT2D eigenvalue weighted by Crippen LogP contribution is 2.54. The third-order valence-corrected chi connectivity index (χ3v) is 7.49. The highest BCUT2D eigenvalue weighted by molar-refractivity contribution is 8.47. The van der Waals surface area contributed by atoms with Crippen molar-refractivity contribution in [3.8, 4) is 11.3 Å². The second-order valence-electron chi connectivity index (χ2n) is 9.45. The molecule has 1 unspecified atom stereocenters. The molecule has 0 aliphatic carbocycles. The molecule has 0 aliphatic heterocycles. The summed E-state index contributed by atoms with van der Waals surface area (Å²) >= 11 is 4.99. The van der Waals surface area contributed by atoms with E-state index in [0.717, 1.165) is 22.7 Å². The van der Waals surface area contributed by atoms with Gasteiger partial charge in [0.25, 0.3) is 0 Å². The van der Waals surface area contributed by atoms with Crippen molar-refractivity contribution in [2.45, 2.75) is 11.8 Å². The number of pyridine rings is 2. The van der Waals surface area contributed by atoms with Crippen LogP contribution in [-0.2, 0) is 22.6 Å². The molecule has 10 heteroatoms. The Labute approximate surface area is 192 Å². The van der Waals surface area contributed by atoms with E-state index < -0.39 is 20.3 Å². The molecule has 31 heavy (non-hydrogen) atoms. The molecule has 1 N–H and O–H groups in total. The Morgan fingerprint density at radius 2 is 2.00 bits per heavy atom. The van der Waals surface area contributed by atoms with E-state index in [4.69, 9.17) is 16.3 Å². The van der Waals surface area contributed by atoms with Crippen molar-refractivity contribution < 1.29 is 9.29 Å². The molecule has 3 heterocycles. The summed E-state index contributed by atoms with van der Waals surface area (Å²) in [7, 11) is -1.60. The molecule has 3 aromatic rings. The molecule has 7 nitrogen and oxygen atoms in total. The van der Waals surface area contributed by atoms with Crippen molar-refractivity contribution in [3.63, 3.8) is 0 Å². The Balaban J connectivity index is 1.82. The highest BCUT2D eigenvalue weighted by Gasteiger charge is 2.18. The molecule has 0 bridgehead atoms. The first-order valence-electron chi connectivity index (χ1n) is 9.79. The molecule has 0 radical (unpaired) electrons. The van der Waals surface area contributed by atoms with Gasteiger partial charge in [-0.1, -0.05) is 17.7 Å². The first-order chi connectivity index (χ1) is 14.5. The van der Waals surface area contributed by atoms with Gasteiger partial charge in [-0.05, 0) is 42.9 Å². The summed E-state index contributed by atoms with van der Waals surface area (Å²) in [5.74, 6) is 1.63. The fourth-order valence-corrected chi connectivity index (χ4v) is 4.27. The van der Waals surface area contributed by atoms with E-state index in [1.165, 1.54) is 0 Å². The standard InChI is InChI=1S/C21H30ClN5O2S2/c1-30(28)21-8-6-7-20(26-21)25-17-11-19(22)24-12-16(17)18-13-23-14-27(18)15-29-9-10-31(2,3,4)5/h6-8,11-14,31H,9-10,15H2,1-5H3,(H,24,25,26). The number of aromatic nitrogens is 4. The zero-order valence-corrected chi connectivity index (χ0v) is 21.0. The van der Waals surface area contributed by atoms with E-state index in [9.17, 15) is 4.55 Å². The summed E-state index contributed by atoms with van der Waals surface area (Å²) in [6.07, 6.45) is 16.2. The molecule has 0 fully saturated rings. The molecule has 0 aromatic carbocycles. The minimum absolute atomic E-state index is 0.354. The van der Waals surface area contributed by atoms with Gasteiger partial charge in [-0.25, -0.2) is 9.97 Å². The molecular weight excluding hydrogens is 454 g/mol. The summed E-state index contributed by atoms with van der Waals surface area (Å²) in [6, 6.07) is 7.09. The maximum absolute atomic E-state index is 11.8. The van der Waals surface area contributed by atoms with Crippen LogP contribution in [0.5, 0.6) is 0 Å². The Morgan fingerprint density at radius 1 is 1.23 bits per heavy atom. The van der Waals surface area contributed by atoms with Gasteiger partial charge in [0.15, 0.2) is 0 Å². The molecular formula is C21H30ClN5O2S2. The van der Waals surface area contributed by atoms with Crippen LogP contribution in [0.4, 0.5) is 11.5 Å². The minimum Gasteiger partial charge on any atom is -0.610 e. The van der Waals surface area contributed by atoms with Crippen LogP contribution >= 0.6 is 20.8 Å². The lowest BCUT2D eigenvalue weighted by Gasteiger charge is -2.46. The van der Waals surface area contributed by atoms with Crippen molar-refractivity contribution >= 4 is 43.4 Å². The van der Waals surface area contributed by atoms with Crippen LogP contribution in [0, 0.1) is 0 Å². The van der Waals surface area contributed by atoms with Crippen molar-refractivity contribution in [1.82, 2.24) is 19.5 Å². The van der Waals surface area contributed by atoms with Crippen LogP contribution in [0.25, 0.3) is 11.3 Å². The predicted molar refractivity (Wildman–Crippen MR) is 134 cm³/mol. The smallest absolute Gasteiger partial charge is 0.246 e. The number of nitrogens with zero attached hydrogens (tertiary/aromatic N) is 4. The van der Waals surface area contributed by atoms with E-state index in [-0.39, 0.29) is 0 Å². The summed E-state index contributed by atoms with van der Waals surface area (Å²) in [4.78, 5) is 13.0. The van der Waals surface area contributed by atoms with Crippen molar-refractivity contribution in [1.29, 1.82) is 0 Å². The largest absolute Gasteiger partial charge is 0.610 e. The second kappa shape index (κ2) is 9.38. The number of ether oxygens (including phenoxy) is 1. The van der Waals surface area contributed by atoms with Gasteiger partial charge < -0.3 is 19.2 Å². The monoisotopic (exact) mass is 483 g/mol. The average Bonchev–Trinajstić information content (AvgIpc) is 3.12. The molecule has 0 amide bonds. The lowest BCUT2D eigenvalue weighted by Crippen LogP contribution is -2.19. The normalized spacial score (nSPS) is 14.1. The first-order valence-corrected chi connectivity index (χ1v) is 15.9. The number of halogens is 1. The predicted octanol–water partition coefficient (Wildman–Crippen LogP) is 4.04. The van der Waals surface area contributed by atoms with E-state index in [2.05, 4.69) is 45.3 Å². The number of hydrogen-bond donors (Lipinski definition) is 2. The molecule has 0 aliphatic rings. The van der Waals surface area contributed by atoms with Crippen molar-refractivity contribution in [3.05, 3.63) is 48.1 Å². The maximum atomic E-state index is 11.8. The van der Waals surface area contributed by atoms with Gasteiger partial charge in [-0.15, -0.1) is 0 Å². The van der Waals surface area contributed by atoms with Gasteiger partial charge in [0, 0.05) is 29.0 Å². The Kier molecular flexibility index (Phi) is 7.22. The van der Waals surface area contributed by atoms with Crippen LogP contribution < -0.4 is 5.32 Å².